The number of benzene rings is 3. The molecule has 3 aromatic rings. The Morgan fingerprint density at radius 3 is 2.50 bits per heavy atom. The predicted octanol–water partition coefficient (Wildman–Crippen LogP) is 5.57. The molecule has 176 valence electrons. The van der Waals surface area contributed by atoms with E-state index in [0.717, 1.165) is 55.1 Å². The van der Waals surface area contributed by atoms with Crippen molar-refractivity contribution >= 4 is 17.3 Å². The molecule has 0 aliphatic carbocycles. The number of nitrogens with zero attached hydrogens (tertiary/aromatic N) is 2. The van der Waals surface area contributed by atoms with Gasteiger partial charge in [-0.3, -0.25) is 15.2 Å². The first-order valence-corrected chi connectivity index (χ1v) is 12.2. The number of methoxy groups -OCH3 is 1. The Morgan fingerprint density at radius 2 is 1.79 bits per heavy atom. The molecular weight excluding hydrogens is 446 g/mol. The van der Waals surface area contributed by atoms with Gasteiger partial charge in [-0.05, 0) is 66.4 Å². The van der Waals surface area contributed by atoms with Crippen LogP contribution < -0.4 is 10.1 Å². The molecule has 5 rings (SSSR count). The van der Waals surface area contributed by atoms with Gasteiger partial charge in [-0.2, -0.15) is 0 Å². The minimum atomic E-state index is -0.375. The molecule has 6 heteroatoms. The van der Waals surface area contributed by atoms with Gasteiger partial charge in [0, 0.05) is 48.4 Å². The van der Waals surface area contributed by atoms with Crippen LogP contribution in [0.5, 0.6) is 11.5 Å². The van der Waals surface area contributed by atoms with Crippen LogP contribution in [-0.4, -0.2) is 41.6 Å². The van der Waals surface area contributed by atoms with Gasteiger partial charge in [0.15, 0.2) is 0 Å². The van der Waals surface area contributed by atoms with Gasteiger partial charge in [-0.1, -0.05) is 41.9 Å². The third-order valence-corrected chi connectivity index (χ3v) is 7.14. The maximum atomic E-state index is 10.6. The molecule has 1 fully saturated rings. The van der Waals surface area contributed by atoms with E-state index >= 15 is 0 Å². The minimum absolute atomic E-state index is 0.0750. The third kappa shape index (κ3) is 4.97. The van der Waals surface area contributed by atoms with Crippen LogP contribution in [0, 0.1) is 0 Å². The van der Waals surface area contributed by atoms with Crippen molar-refractivity contribution in [3.05, 3.63) is 94.5 Å². The molecule has 2 aliphatic heterocycles. The number of phenols is 1. The van der Waals surface area contributed by atoms with E-state index < -0.39 is 0 Å². The van der Waals surface area contributed by atoms with Gasteiger partial charge in [0.25, 0.3) is 0 Å². The fourth-order valence-corrected chi connectivity index (χ4v) is 5.22. The standard InChI is InChI=1S/C28H30ClN3O2/c1-34-23-10-7-21(8-11-23)25-18-26(24-17-22(29)9-12-27(24)33)31-28(30-25)13-15-32(16-14-28)19-20-5-3-2-4-6-20/h2-12,17,26,31,33H,13-16,18-19H2,1H3/t26-/m1/s1. The molecule has 2 aliphatic rings. The lowest BCUT2D eigenvalue weighted by Gasteiger charge is -2.45. The van der Waals surface area contributed by atoms with Crippen molar-refractivity contribution in [2.75, 3.05) is 20.2 Å². The molecule has 1 atom stereocenters. The number of likely N-dealkylation sites (tertiary alicyclic amines) is 1. The first-order valence-electron chi connectivity index (χ1n) is 11.8. The quantitative estimate of drug-likeness (QED) is 0.506. The topological polar surface area (TPSA) is 57.1 Å². The molecule has 34 heavy (non-hydrogen) atoms. The number of rotatable bonds is 5. The Morgan fingerprint density at radius 1 is 1.06 bits per heavy atom. The first kappa shape index (κ1) is 22.9. The van der Waals surface area contributed by atoms with Crippen LogP contribution in [0.15, 0.2) is 77.8 Å². The van der Waals surface area contributed by atoms with Crippen molar-refractivity contribution in [3.8, 4) is 11.5 Å². The fraction of sp³-hybridized carbons (Fsp3) is 0.321. The van der Waals surface area contributed by atoms with Crippen LogP contribution >= 0.6 is 11.6 Å². The number of hydrogen-bond acceptors (Lipinski definition) is 5. The number of aliphatic imine (C=N–C) groups is 1. The number of piperidine rings is 1. The van der Waals surface area contributed by atoms with Crippen LogP contribution in [-0.2, 0) is 6.54 Å². The average Bonchev–Trinajstić information content (AvgIpc) is 2.87. The molecule has 0 amide bonds. The maximum absolute atomic E-state index is 10.6. The van der Waals surface area contributed by atoms with Gasteiger partial charge in [0.2, 0.25) is 0 Å². The zero-order valence-corrected chi connectivity index (χ0v) is 20.1. The second-order valence-electron chi connectivity index (χ2n) is 9.18. The largest absolute Gasteiger partial charge is 0.508 e. The van der Waals surface area contributed by atoms with Crippen LogP contribution in [0.3, 0.4) is 0 Å². The summed E-state index contributed by atoms with van der Waals surface area (Å²) in [4.78, 5) is 7.78. The summed E-state index contributed by atoms with van der Waals surface area (Å²) >= 11 is 6.31. The van der Waals surface area contributed by atoms with Crippen molar-refractivity contribution in [1.82, 2.24) is 10.2 Å². The van der Waals surface area contributed by atoms with Crippen molar-refractivity contribution in [2.24, 2.45) is 4.99 Å². The summed E-state index contributed by atoms with van der Waals surface area (Å²) < 4.78 is 5.34. The zero-order valence-electron chi connectivity index (χ0n) is 19.4. The number of ether oxygens (including phenoxy) is 1. The summed E-state index contributed by atoms with van der Waals surface area (Å²) in [5, 5.41) is 15.1. The van der Waals surface area contributed by atoms with E-state index in [-0.39, 0.29) is 17.5 Å². The van der Waals surface area contributed by atoms with Crippen LogP contribution in [0.4, 0.5) is 0 Å². The predicted molar refractivity (Wildman–Crippen MR) is 137 cm³/mol. The number of hydrogen-bond donors (Lipinski definition) is 2. The summed E-state index contributed by atoms with van der Waals surface area (Å²) in [6.07, 6.45) is 2.48. The second-order valence-corrected chi connectivity index (χ2v) is 9.62. The highest BCUT2D eigenvalue weighted by molar-refractivity contribution is 6.30. The van der Waals surface area contributed by atoms with Crippen LogP contribution in [0.2, 0.25) is 5.02 Å². The molecule has 1 spiro atoms. The van der Waals surface area contributed by atoms with Crippen molar-refractivity contribution < 1.29 is 9.84 Å². The smallest absolute Gasteiger partial charge is 0.120 e. The molecule has 1 saturated heterocycles. The summed E-state index contributed by atoms with van der Waals surface area (Å²) in [5.74, 6) is 1.08. The Labute approximate surface area is 206 Å². The monoisotopic (exact) mass is 475 g/mol. The van der Waals surface area contributed by atoms with E-state index in [9.17, 15) is 5.11 Å². The summed E-state index contributed by atoms with van der Waals surface area (Å²) in [5.41, 5.74) is 3.90. The van der Waals surface area contributed by atoms with Gasteiger partial charge in [-0.25, -0.2) is 0 Å². The summed E-state index contributed by atoms with van der Waals surface area (Å²) in [7, 11) is 1.67. The molecule has 0 bridgehead atoms. The molecular formula is C28H30ClN3O2. The second kappa shape index (κ2) is 9.79. The van der Waals surface area contributed by atoms with Gasteiger partial charge in [0.1, 0.15) is 17.2 Å². The lowest BCUT2D eigenvalue weighted by Crippen LogP contribution is -2.55. The number of nitrogens with one attached hydrogen (secondary N) is 1. The van der Waals surface area contributed by atoms with Gasteiger partial charge < -0.3 is 9.84 Å². The molecule has 5 nitrogen and oxygen atoms in total. The highest BCUT2D eigenvalue weighted by Crippen LogP contribution is 2.38. The Kier molecular flexibility index (Phi) is 6.59. The van der Waals surface area contributed by atoms with Gasteiger partial charge >= 0.3 is 0 Å². The zero-order chi connectivity index (χ0) is 23.5. The van der Waals surface area contributed by atoms with E-state index in [1.807, 2.05) is 18.2 Å². The highest BCUT2D eigenvalue weighted by atomic mass is 35.5. The summed E-state index contributed by atoms with van der Waals surface area (Å²) in [6.45, 7) is 2.86. The Hall–Kier alpha value is -2.86. The summed E-state index contributed by atoms with van der Waals surface area (Å²) in [6, 6.07) is 23.9. The Bertz CT molecular complexity index is 1160. The third-order valence-electron chi connectivity index (χ3n) is 6.91. The molecule has 0 unspecified atom stereocenters. The van der Waals surface area contributed by atoms with Crippen LogP contribution in [0.1, 0.15) is 42.0 Å². The molecule has 3 aromatic carbocycles. The van der Waals surface area contributed by atoms with E-state index in [0.29, 0.717) is 11.4 Å². The average molecular weight is 476 g/mol. The van der Waals surface area contributed by atoms with Crippen molar-refractivity contribution in [3.63, 3.8) is 0 Å². The molecule has 0 radical (unpaired) electrons. The van der Waals surface area contributed by atoms with E-state index in [1.54, 1.807) is 19.2 Å². The Balaban J connectivity index is 1.43. The molecule has 0 saturated carbocycles. The maximum Gasteiger partial charge on any atom is 0.120 e. The first-order chi connectivity index (χ1) is 16.5. The van der Waals surface area contributed by atoms with E-state index in [2.05, 4.69) is 52.7 Å². The molecule has 0 aromatic heterocycles. The van der Waals surface area contributed by atoms with Crippen molar-refractivity contribution in [2.45, 2.75) is 37.5 Å². The fourth-order valence-electron chi connectivity index (χ4n) is 5.04. The number of phenolic OH excluding ortho intramolecular Hbond substituents is 1. The van der Waals surface area contributed by atoms with E-state index in [4.69, 9.17) is 21.3 Å². The number of halogens is 1. The lowest BCUT2D eigenvalue weighted by molar-refractivity contribution is 0.120. The SMILES string of the molecule is COc1ccc(C2=NC3(CCN(Cc4ccccc4)CC3)N[C@@H](c3cc(Cl)ccc3O)C2)cc1. The normalized spacial score (nSPS) is 20.2. The van der Waals surface area contributed by atoms with Gasteiger partial charge in [-0.15, -0.1) is 0 Å². The van der Waals surface area contributed by atoms with E-state index in [1.165, 1.54) is 5.56 Å². The van der Waals surface area contributed by atoms with Gasteiger partial charge in [0.05, 0.1) is 7.11 Å². The van der Waals surface area contributed by atoms with Crippen LogP contribution in [0.25, 0.3) is 0 Å². The number of aromatic hydroxyl groups is 1. The highest BCUT2D eigenvalue weighted by Gasteiger charge is 2.40. The molecule has 2 heterocycles. The molecule has 2 N–H and O–H groups in total. The van der Waals surface area contributed by atoms with Crippen molar-refractivity contribution in [1.29, 1.82) is 0 Å². The minimum Gasteiger partial charge on any atom is -0.508 e. The lowest BCUT2D eigenvalue weighted by atomic mass is 9.87.